The van der Waals surface area contributed by atoms with Gasteiger partial charge in [-0.2, -0.15) is 0 Å². The summed E-state index contributed by atoms with van der Waals surface area (Å²) in [4.78, 5) is 0. The minimum Gasteiger partial charge on any atom is -0.497 e. The van der Waals surface area contributed by atoms with Crippen LogP contribution in [0.4, 0.5) is 0 Å². The molecule has 0 aromatic heterocycles. The molecule has 0 radical (unpaired) electrons. The van der Waals surface area contributed by atoms with E-state index in [0.29, 0.717) is 12.5 Å². The lowest BCUT2D eigenvalue weighted by atomic mass is 9.84. The Labute approximate surface area is 156 Å². The summed E-state index contributed by atoms with van der Waals surface area (Å²) in [5, 5.41) is 3.69. The largest absolute Gasteiger partial charge is 0.497 e. The molecule has 1 atom stereocenters. The first-order chi connectivity index (χ1) is 12.6. The summed E-state index contributed by atoms with van der Waals surface area (Å²) in [7, 11) is 3.41. The van der Waals surface area contributed by atoms with Crippen molar-refractivity contribution in [3.05, 3.63) is 52.6 Å². The number of hydrogen-bond acceptors (Lipinski definition) is 4. The van der Waals surface area contributed by atoms with Gasteiger partial charge in [-0.15, -0.1) is 0 Å². The topological polar surface area (TPSA) is 39.7 Å². The van der Waals surface area contributed by atoms with Gasteiger partial charge in [0.2, 0.25) is 0 Å². The first kappa shape index (κ1) is 18.6. The van der Waals surface area contributed by atoms with Crippen molar-refractivity contribution in [2.45, 2.75) is 39.2 Å². The number of methoxy groups -OCH3 is 2. The molecule has 4 nitrogen and oxygen atoms in total. The number of nitrogens with one attached hydrogen (secondary N) is 1. The van der Waals surface area contributed by atoms with Gasteiger partial charge in [-0.05, 0) is 65.8 Å². The van der Waals surface area contributed by atoms with Gasteiger partial charge in [0.25, 0.3) is 0 Å². The highest BCUT2D eigenvalue weighted by atomic mass is 16.5. The van der Waals surface area contributed by atoms with Gasteiger partial charge < -0.3 is 19.5 Å². The summed E-state index contributed by atoms with van der Waals surface area (Å²) in [6, 6.07) is 10.8. The van der Waals surface area contributed by atoms with Gasteiger partial charge in [0.15, 0.2) is 11.5 Å². The van der Waals surface area contributed by atoms with E-state index in [4.69, 9.17) is 14.2 Å². The lowest BCUT2D eigenvalue weighted by Crippen LogP contribution is -2.31. The maximum atomic E-state index is 5.82. The second-order valence-corrected chi connectivity index (χ2v) is 6.92. The van der Waals surface area contributed by atoms with E-state index >= 15 is 0 Å². The van der Waals surface area contributed by atoms with E-state index in [1.807, 2.05) is 13.0 Å². The van der Waals surface area contributed by atoms with Crippen LogP contribution in [0.3, 0.4) is 0 Å². The lowest BCUT2D eigenvalue weighted by Gasteiger charge is -2.31. The molecule has 0 bridgehead atoms. The molecule has 140 valence electrons. The van der Waals surface area contributed by atoms with Gasteiger partial charge in [0.1, 0.15) is 5.75 Å². The number of benzene rings is 2. The Kier molecular flexibility index (Phi) is 5.72. The van der Waals surface area contributed by atoms with E-state index in [1.165, 1.54) is 22.3 Å². The lowest BCUT2D eigenvalue weighted by molar-refractivity contribution is 0.309. The molecule has 1 N–H and O–H groups in total. The molecule has 0 fully saturated rings. The van der Waals surface area contributed by atoms with Crippen molar-refractivity contribution in [3.63, 3.8) is 0 Å². The van der Waals surface area contributed by atoms with Crippen LogP contribution in [0.25, 0.3) is 0 Å². The Balaban J connectivity index is 2.11. The predicted molar refractivity (Wildman–Crippen MR) is 105 cm³/mol. The predicted octanol–water partition coefficient (Wildman–Crippen LogP) is 4.46. The van der Waals surface area contributed by atoms with Crippen LogP contribution in [-0.2, 0) is 6.42 Å². The van der Waals surface area contributed by atoms with Gasteiger partial charge in [-0.3, -0.25) is 0 Å². The first-order valence-electron chi connectivity index (χ1n) is 9.33. The zero-order valence-corrected chi connectivity index (χ0v) is 16.4. The molecule has 1 heterocycles. The molecule has 4 heteroatoms. The van der Waals surface area contributed by atoms with Crippen molar-refractivity contribution < 1.29 is 14.2 Å². The van der Waals surface area contributed by atoms with E-state index in [9.17, 15) is 0 Å². The summed E-state index contributed by atoms with van der Waals surface area (Å²) >= 11 is 0. The molecule has 0 aliphatic carbocycles. The summed E-state index contributed by atoms with van der Waals surface area (Å²) in [5.41, 5.74) is 5.20. The average Bonchev–Trinajstić information content (AvgIpc) is 2.66. The second-order valence-electron chi connectivity index (χ2n) is 6.92. The maximum Gasteiger partial charge on any atom is 0.161 e. The highest BCUT2D eigenvalue weighted by Crippen LogP contribution is 2.40. The van der Waals surface area contributed by atoms with Crippen LogP contribution in [0, 0.1) is 0 Å². The third-order valence-corrected chi connectivity index (χ3v) is 5.01. The van der Waals surface area contributed by atoms with Gasteiger partial charge in [-0.1, -0.05) is 19.9 Å². The molecular weight excluding hydrogens is 326 g/mol. The zero-order chi connectivity index (χ0) is 18.7. The third-order valence-electron chi connectivity index (χ3n) is 5.01. The van der Waals surface area contributed by atoms with Crippen molar-refractivity contribution in [2.24, 2.45) is 0 Å². The Bertz CT molecular complexity index is 770. The fourth-order valence-corrected chi connectivity index (χ4v) is 3.71. The maximum absolute atomic E-state index is 5.82. The molecule has 3 rings (SSSR count). The molecule has 0 amide bonds. The SMILES string of the molecule is CCOc1cc2c(cc1OC)CCNC2c1ccc(OC)cc1C(C)C. The molecular formula is C22H29NO3. The third kappa shape index (κ3) is 3.51. The Morgan fingerprint density at radius 2 is 1.85 bits per heavy atom. The Hall–Kier alpha value is -2.20. The van der Waals surface area contributed by atoms with E-state index in [1.54, 1.807) is 14.2 Å². The van der Waals surface area contributed by atoms with Crippen molar-refractivity contribution in [3.8, 4) is 17.2 Å². The summed E-state index contributed by atoms with van der Waals surface area (Å²) in [6.45, 7) is 8.00. The first-order valence-corrected chi connectivity index (χ1v) is 9.33. The average molecular weight is 355 g/mol. The highest BCUT2D eigenvalue weighted by molar-refractivity contribution is 5.53. The molecule has 1 aliphatic rings. The smallest absolute Gasteiger partial charge is 0.161 e. The highest BCUT2D eigenvalue weighted by Gasteiger charge is 2.26. The normalized spacial score (nSPS) is 16.3. The molecule has 0 saturated heterocycles. The summed E-state index contributed by atoms with van der Waals surface area (Å²) in [6.07, 6.45) is 0.988. The second kappa shape index (κ2) is 8.00. The van der Waals surface area contributed by atoms with Crippen molar-refractivity contribution in [1.82, 2.24) is 5.32 Å². The Morgan fingerprint density at radius 3 is 2.50 bits per heavy atom. The molecule has 26 heavy (non-hydrogen) atoms. The number of rotatable bonds is 6. The van der Waals surface area contributed by atoms with Crippen LogP contribution in [0.15, 0.2) is 30.3 Å². The van der Waals surface area contributed by atoms with Crippen molar-refractivity contribution in [2.75, 3.05) is 27.4 Å². The fourth-order valence-electron chi connectivity index (χ4n) is 3.71. The van der Waals surface area contributed by atoms with Crippen LogP contribution < -0.4 is 19.5 Å². The van der Waals surface area contributed by atoms with Crippen molar-refractivity contribution >= 4 is 0 Å². The molecule has 1 aliphatic heterocycles. The zero-order valence-electron chi connectivity index (χ0n) is 16.4. The van der Waals surface area contributed by atoms with Crippen LogP contribution in [0.5, 0.6) is 17.2 Å². The van der Waals surface area contributed by atoms with Crippen molar-refractivity contribution in [1.29, 1.82) is 0 Å². The molecule has 2 aromatic carbocycles. The van der Waals surface area contributed by atoms with E-state index < -0.39 is 0 Å². The summed E-state index contributed by atoms with van der Waals surface area (Å²) < 4.78 is 16.8. The molecule has 0 saturated carbocycles. The van der Waals surface area contributed by atoms with Crippen LogP contribution >= 0.6 is 0 Å². The standard InChI is InChI=1S/C22H29NO3/c1-6-26-21-13-19-15(11-20(21)25-5)9-10-23-22(19)17-8-7-16(24-4)12-18(17)14(2)3/h7-8,11-14,22-23H,6,9-10H2,1-5H3. The minimum atomic E-state index is 0.146. The van der Waals surface area contributed by atoms with E-state index in [2.05, 4.69) is 43.4 Å². The van der Waals surface area contributed by atoms with Gasteiger partial charge in [-0.25, -0.2) is 0 Å². The van der Waals surface area contributed by atoms with Gasteiger partial charge in [0, 0.05) is 6.54 Å². The minimum absolute atomic E-state index is 0.146. The Morgan fingerprint density at radius 1 is 1.04 bits per heavy atom. The quantitative estimate of drug-likeness (QED) is 0.830. The van der Waals surface area contributed by atoms with E-state index in [0.717, 1.165) is 30.2 Å². The van der Waals surface area contributed by atoms with Gasteiger partial charge in [0.05, 0.1) is 26.9 Å². The number of hydrogen-bond donors (Lipinski definition) is 1. The summed E-state index contributed by atoms with van der Waals surface area (Å²) in [5.74, 6) is 2.93. The van der Waals surface area contributed by atoms with Gasteiger partial charge >= 0.3 is 0 Å². The van der Waals surface area contributed by atoms with Crippen LogP contribution in [0.1, 0.15) is 55.0 Å². The molecule has 2 aromatic rings. The van der Waals surface area contributed by atoms with E-state index in [-0.39, 0.29) is 6.04 Å². The molecule has 1 unspecified atom stereocenters. The van der Waals surface area contributed by atoms with Crippen LogP contribution in [-0.4, -0.2) is 27.4 Å². The number of ether oxygens (including phenoxy) is 3. The van der Waals surface area contributed by atoms with Crippen LogP contribution in [0.2, 0.25) is 0 Å². The molecule has 0 spiro atoms. The fraction of sp³-hybridized carbons (Fsp3) is 0.455. The monoisotopic (exact) mass is 355 g/mol. The number of fused-ring (bicyclic) bond motifs is 1.